The number of rotatable bonds is 8. The first-order valence-electron chi connectivity index (χ1n) is 14.9. The van der Waals surface area contributed by atoms with Gasteiger partial charge in [0, 0.05) is 87.6 Å². The van der Waals surface area contributed by atoms with Gasteiger partial charge in [-0.3, -0.25) is 14.9 Å². The second-order valence-electron chi connectivity index (χ2n) is 11.5. The summed E-state index contributed by atoms with van der Waals surface area (Å²) >= 11 is 3.63. The van der Waals surface area contributed by atoms with Crippen molar-refractivity contribution in [2.45, 2.75) is 18.9 Å². The Bertz CT molecular complexity index is 1570. The van der Waals surface area contributed by atoms with Crippen LogP contribution in [0, 0.1) is 0 Å². The first kappa shape index (κ1) is 29.9. The zero-order chi connectivity index (χ0) is 29.9. The molecule has 0 radical (unpaired) electrons. The molecule has 6 rings (SSSR count). The van der Waals surface area contributed by atoms with Crippen molar-refractivity contribution in [2.75, 3.05) is 87.5 Å². The molecular weight excluding hydrogens is 623 g/mol. The SMILES string of the molecule is CNc1cc(Nc2ncc(Br)c(Nc3ccc4nccnc4c3P(C)C)n2)ccc1N1CCC(N2CCN(C)CC2)CC1. The van der Waals surface area contributed by atoms with E-state index in [1.54, 1.807) is 18.6 Å². The Hall–Kier alpha value is -3.11. The van der Waals surface area contributed by atoms with Crippen LogP contribution < -0.4 is 26.2 Å². The molecule has 12 heteroatoms. The number of benzene rings is 2. The molecule has 2 saturated heterocycles. The van der Waals surface area contributed by atoms with Crippen LogP contribution in [0.4, 0.5) is 34.5 Å². The summed E-state index contributed by atoms with van der Waals surface area (Å²) in [6, 6.07) is 11.2. The molecule has 2 aliphatic rings. The second kappa shape index (κ2) is 13.3. The fraction of sp³-hybridized carbons (Fsp3) is 0.419. The number of fused-ring (bicyclic) bond motifs is 1. The molecule has 2 aromatic carbocycles. The summed E-state index contributed by atoms with van der Waals surface area (Å²) in [5, 5.41) is 11.5. The molecular formula is C31H40BrN10P. The molecule has 10 nitrogen and oxygen atoms in total. The highest BCUT2D eigenvalue weighted by atomic mass is 79.9. The lowest BCUT2D eigenvalue weighted by atomic mass is 10.0. The molecule has 4 heterocycles. The van der Waals surface area contributed by atoms with E-state index in [4.69, 9.17) is 4.98 Å². The van der Waals surface area contributed by atoms with Gasteiger partial charge in [0.1, 0.15) is 5.82 Å². The first-order chi connectivity index (χ1) is 20.9. The highest BCUT2D eigenvalue weighted by molar-refractivity contribution is 9.10. The van der Waals surface area contributed by atoms with E-state index in [-0.39, 0.29) is 0 Å². The van der Waals surface area contributed by atoms with Gasteiger partial charge in [0.05, 0.1) is 26.9 Å². The molecule has 0 saturated carbocycles. The van der Waals surface area contributed by atoms with E-state index in [0.29, 0.717) is 17.8 Å². The van der Waals surface area contributed by atoms with E-state index >= 15 is 0 Å². The molecule has 0 amide bonds. The minimum atomic E-state index is -0.446. The highest BCUT2D eigenvalue weighted by Crippen LogP contribution is 2.35. The third-order valence-corrected chi connectivity index (χ3v) is 10.4. The summed E-state index contributed by atoms with van der Waals surface area (Å²) in [4.78, 5) is 26.1. The van der Waals surface area contributed by atoms with Gasteiger partial charge in [0.25, 0.3) is 0 Å². The van der Waals surface area contributed by atoms with Crippen LogP contribution in [0.3, 0.4) is 0 Å². The molecule has 2 aromatic heterocycles. The average Bonchev–Trinajstić information content (AvgIpc) is 3.03. The van der Waals surface area contributed by atoms with Crippen LogP contribution in [0.2, 0.25) is 0 Å². The van der Waals surface area contributed by atoms with Gasteiger partial charge < -0.3 is 25.8 Å². The van der Waals surface area contributed by atoms with Crippen molar-refractivity contribution in [1.82, 2.24) is 29.7 Å². The van der Waals surface area contributed by atoms with Crippen LogP contribution in [-0.4, -0.2) is 102 Å². The number of nitrogens with zero attached hydrogens (tertiary/aromatic N) is 7. The van der Waals surface area contributed by atoms with E-state index in [1.807, 2.05) is 13.1 Å². The Labute approximate surface area is 263 Å². The van der Waals surface area contributed by atoms with E-state index in [2.05, 4.69) is 106 Å². The Morgan fingerprint density at radius 3 is 2.40 bits per heavy atom. The zero-order valence-electron chi connectivity index (χ0n) is 25.3. The maximum absolute atomic E-state index is 4.82. The molecule has 2 fully saturated rings. The fourth-order valence-electron chi connectivity index (χ4n) is 6.10. The number of aromatic nitrogens is 4. The summed E-state index contributed by atoms with van der Waals surface area (Å²) in [6.45, 7) is 11.3. The predicted molar refractivity (Wildman–Crippen MR) is 185 cm³/mol. The molecule has 4 aromatic rings. The molecule has 0 bridgehead atoms. The highest BCUT2D eigenvalue weighted by Gasteiger charge is 2.27. The molecule has 0 atom stereocenters. The summed E-state index contributed by atoms with van der Waals surface area (Å²) in [6.07, 6.45) is 7.67. The number of piperidine rings is 1. The van der Waals surface area contributed by atoms with Crippen molar-refractivity contribution in [3.05, 3.63) is 53.4 Å². The van der Waals surface area contributed by atoms with Crippen molar-refractivity contribution in [2.24, 2.45) is 0 Å². The third-order valence-electron chi connectivity index (χ3n) is 8.44. The van der Waals surface area contributed by atoms with Gasteiger partial charge in [-0.1, -0.05) is 7.92 Å². The summed E-state index contributed by atoms with van der Waals surface area (Å²) in [7, 11) is 3.76. The number of halogens is 1. The maximum atomic E-state index is 4.82. The number of likely N-dealkylation sites (N-methyl/N-ethyl adjacent to an activating group) is 1. The van der Waals surface area contributed by atoms with Gasteiger partial charge in [-0.15, -0.1) is 0 Å². The molecule has 0 unspecified atom stereocenters. The fourth-order valence-corrected chi connectivity index (χ4v) is 7.59. The van der Waals surface area contributed by atoms with Crippen molar-refractivity contribution < 1.29 is 0 Å². The summed E-state index contributed by atoms with van der Waals surface area (Å²) in [5.41, 5.74) is 6.07. The average molecular weight is 664 g/mol. The minimum Gasteiger partial charge on any atom is -0.386 e. The van der Waals surface area contributed by atoms with Crippen LogP contribution in [0.5, 0.6) is 0 Å². The Morgan fingerprint density at radius 2 is 1.65 bits per heavy atom. The summed E-state index contributed by atoms with van der Waals surface area (Å²) in [5.74, 6) is 1.21. The largest absolute Gasteiger partial charge is 0.386 e. The smallest absolute Gasteiger partial charge is 0.229 e. The van der Waals surface area contributed by atoms with Crippen molar-refractivity contribution in [1.29, 1.82) is 0 Å². The molecule has 2 aliphatic heterocycles. The van der Waals surface area contributed by atoms with Gasteiger partial charge in [0.15, 0.2) is 0 Å². The maximum Gasteiger partial charge on any atom is 0.229 e. The summed E-state index contributed by atoms with van der Waals surface area (Å²) < 4.78 is 0.783. The number of hydrogen-bond donors (Lipinski definition) is 3. The van der Waals surface area contributed by atoms with Crippen LogP contribution >= 0.6 is 23.9 Å². The number of nitrogens with one attached hydrogen (secondary N) is 3. The second-order valence-corrected chi connectivity index (χ2v) is 14.6. The van der Waals surface area contributed by atoms with E-state index in [0.717, 1.165) is 45.7 Å². The molecule has 43 heavy (non-hydrogen) atoms. The first-order valence-corrected chi connectivity index (χ1v) is 17.9. The van der Waals surface area contributed by atoms with Gasteiger partial charge in [-0.25, -0.2) is 4.98 Å². The molecule has 0 aliphatic carbocycles. The van der Waals surface area contributed by atoms with Crippen molar-refractivity contribution >= 4 is 74.7 Å². The standard InChI is InChI=1S/C31H40BrN10P/c1-33-26-19-21(5-8-27(26)42-13-9-22(10-14-42)41-17-15-40(2)16-18-41)37-31-36-20-23(32)30(39-31)38-25-7-6-24-28(29(25)43(3)4)35-12-11-34-24/h5-8,11-12,19-20,22,33H,9-10,13-18H2,1-4H3,(H2,36,37,38,39). The van der Waals surface area contributed by atoms with E-state index in [1.165, 1.54) is 50.0 Å². The Kier molecular flexibility index (Phi) is 9.23. The normalized spacial score (nSPS) is 17.0. The van der Waals surface area contributed by atoms with Gasteiger partial charge in [-0.2, -0.15) is 4.98 Å². The lowest BCUT2D eigenvalue weighted by Crippen LogP contribution is -2.52. The van der Waals surface area contributed by atoms with Gasteiger partial charge >= 0.3 is 0 Å². The lowest BCUT2D eigenvalue weighted by Gasteiger charge is -2.43. The van der Waals surface area contributed by atoms with Crippen molar-refractivity contribution in [3.8, 4) is 0 Å². The number of hydrogen-bond acceptors (Lipinski definition) is 10. The quantitative estimate of drug-likeness (QED) is 0.216. The van der Waals surface area contributed by atoms with Gasteiger partial charge in [-0.05, 0) is 79.5 Å². The Morgan fingerprint density at radius 1 is 0.884 bits per heavy atom. The Balaban J connectivity index is 1.16. The zero-order valence-corrected chi connectivity index (χ0v) is 27.8. The van der Waals surface area contributed by atoms with Gasteiger partial charge in [0.2, 0.25) is 5.95 Å². The van der Waals surface area contributed by atoms with Crippen molar-refractivity contribution in [3.63, 3.8) is 0 Å². The predicted octanol–water partition coefficient (Wildman–Crippen LogP) is 5.29. The van der Waals surface area contributed by atoms with Crippen LogP contribution in [0.15, 0.2) is 53.4 Å². The topological polar surface area (TPSA) is 97.4 Å². The van der Waals surface area contributed by atoms with Crippen LogP contribution in [0.25, 0.3) is 11.0 Å². The monoisotopic (exact) mass is 662 g/mol. The lowest BCUT2D eigenvalue weighted by molar-refractivity contribution is 0.0982. The minimum absolute atomic E-state index is 0.446. The third kappa shape index (κ3) is 6.70. The molecule has 3 N–H and O–H groups in total. The molecule has 0 spiro atoms. The number of anilines is 6. The number of piperazine rings is 1. The van der Waals surface area contributed by atoms with E-state index in [9.17, 15) is 0 Å². The van der Waals surface area contributed by atoms with E-state index < -0.39 is 7.92 Å². The van der Waals surface area contributed by atoms with Crippen LogP contribution in [-0.2, 0) is 0 Å². The van der Waals surface area contributed by atoms with Crippen LogP contribution in [0.1, 0.15) is 12.8 Å². The molecule has 226 valence electrons.